The monoisotopic (exact) mass is 375 g/mol. The summed E-state index contributed by atoms with van der Waals surface area (Å²) in [5.74, 6) is 1.83. The lowest BCUT2D eigenvalue weighted by atomic mass is 10.0. The van der Waals surface area contributed by atoms with E-state index in [1.807, 2.05) is 29.3 Å². The first kappa shape index (κ1) is 17.2. The summed E-state index contributed by atoms with van der Waals surface area (Å²) >= 11 is 0. The van der Waals surface area contributed by atoms with Gasteiger partial charge in [0.2, 0.25) is 0 Å². The number of rotatable bonds is 4. The molecule has 0 atom stereocenters. The maximum Gasteiger partial charge on any atom is 0.253 e. The number of anilines is 1. The van der Waals surface area contributed by atoms with Gasteiger partial charge in [-0.1, -0.05) is 12.1 Å². The van der Waals surface area contributed by atoms with Gasteiger partial charge in [-0.2, -0.15) is 0 Å². The average Bonchev–Trinajstić information content (AvgIpc) is 3.49. The van der Waals surface area contributed by atoms with Crippen molar-refractivity contribution in [1.82, 2.24) is 19.9 Å². The summed E-state index contributed by atoms with van der Waals surface area (Å²) in [6.45, 7) is 1.55. The fourth-order valence-electron chi connectivity index (χ4n) is 4.27. The highest BCUT2D eigenvalue weighted by Gasteiger charge is 2.28. The van der Waals surface area contributed by atoms with Crippen LogP contribution in [0.15, 0.2) is 42.9 Å². The predicted molar refractivity (Wildman–Crippen MR) is 110 cm³/mol. The number of likely N-dealkylation sites (tertiary alicyclic amines) is 1. The van der Waals surface area contributed by atoms with Gasteiger partial charge < -0.3 is 14.8 Å². The summed E-state index contributed by atoms with van der Waals surface area (Å²) < 4.78 is 0. The van der Waals surface area contributed by atoms with E-state index in [4.69, 9.17) is 0 Å². The number of aromatic nitrogens is 3. The molecule has 1 amide bonds. The molecule has 5 rings (SSSR count). The summed E-state index contributed by atoms with van der Waals surface area (Å²) in [6, 6.07) is 10.6. The molecule has 1 saturated heterocycles. The highest BCUT2D eigenvalue weighted by Crippen LogP contribution is 2.40. The quantitative estimate of drug-likeness (QED) is 0.757. The normalized spacial score (nSPS) is 17.8. The molecule has 2 fully saturated rings. The molecule has 1 saturated carbocycles. The Labute approximate surface area is 164 Å². The molecule has 0 spiro atoms. The van der Waals surface area contributed by atoms with Gasteiger partial charge in [-0.25, -0.2) is 9.97 Å². The van der Waals surface area contributed by atoms with Gasteiger partial charge in [0.05, 0.1) is 5.39 Å². The number of H-pyrrole nitrogens is 1. The van der Waals surface area contributed by atoms with Gasteiger partial charge >= 0.3 is 0 Å². The van der Waals surface area contributed by atoms with E-state index in [-0.39, 0.29) is 5.91 Å². The molecule has 2 aliphatic rings. The number of fused-ring (bicyclic) bond motifs is 1. The number of nitrogens with zero attached hydrogens (tertiary/aromatic N) is 4. The van der Waals surface area contributed by atoms with Crippen LogP contribution in [0.4, 0.5) is 5.82 Å². The summed E-state index contributed by atoms with van der Waals surface area (Å²) in [5.41, 5.74) is 3.04. The number of carbonyl (C=O) groups is 1. The van der Waals surface area contributed by atoms with E-state index in [0.717, 1.165) is 54.3 Å². The number of amides is 1. The first-order valence-corrected chi connectivity index (χ1v) is 10.1. The second-order valence-corrected chi connectivity index (χ2v) is 7.97. The van der Waals surface area contributed by atoms with Crippen molar-refractivity contribution < 1.29 is 4.79 Å². The van der Waals surface area contributed by atoms with Crippen LogP contribution >= 0.6 is 0 Å². The molecule has 3 aromatic rings. The Bertz CT molecular complexity index is 984. The molecule has 144 valence electrons. The summed E-state index contributed by atoms with van der Waals surface area (Å²) in [6.07, 6.45) is 7.96. The summed E-state index contributed by atoms with van der Waals surface area (Å²) in [4.78, 5) is 29.0. The van der Waals surface area contributed by atoms with Crippen molar-refractivity contribution in [3.05, 3.63) is 54.0 Å². The van der Waals surface area contributed by atoms with Crippen LogP contribution < -0.4 is 4.90 Å². The second kappa shape index (κ2) is 6.93. The topological polar surface area (TPSA) is 65.1 Å². The number of hydrogen-bond acceptors (Lipinski definition) is 4. The predicted octanol–water partition coefficient (Wildman–Crippen LogP) is 3.58. The van der Waals surface area contributed by atoms with Crippen LogP contribution in [0.5, 0.6) is 0 Å². The molecule has 0 radical (unpaired) electrons. The zero-order chi connectivity index (χ0) is 19.1. The first-order chi connectivity index (χ1) is 13.7. The Morgan fingerprint density at radius 2 is 1.82 bits per heavy atom. The summed E-state index contributed by atoms with van der Waals surface area (Å²) in [5, 5.41) is 1.04. The molecule has 1 N–H and O–H groups in total. The third-order valence-electron chi connectivity index (χ3n) is 6.17. The Kier molecular flexibility index (Phi) is 4.26. The SMILES string of the molecule is CN(c1ncnc2[nH]ccc12)C1CCN(C(=O)c2ccc(C3CC3)cc2)CC1. The second-order valence-electron chi connectivity index (χ2n) is 7.97. The van der Waals surface area contributed by atoms with Crippen molar-refractivity contribution in [3.8, 4) is 0 Å². The van der Waals surface area contributed by atoms with Gasteiger partial charge in [-0.15, -0.1) is 0 Å². The smallest absolute Gasteiger partial charge is 0.253 e. The number of aromatic amines is 1. The molecule has 28 heavy (non-hydrogen) atoms. The Morgan fingerprint density at radius 1 is 1.07 bits per heavy atom. The van der Waals surface area contributed by atoms with E-state index >= 15 is 0 Å². The van der Waals surface area contributed by atoms with E-state index in [0.29, 0.717) is 6.04 Å². The fraction of sp³-hybridized carbons (Fsp3) is 0.409. The van der Waals surface area contributed by atoms with Crippen molar-refractivity contribution in [2.24, 2.45) is 0 Å². The van der Waals surface area contributed by atoms with E-state index in [1.165, 1.54) is 18.4 Å². The van der Waals surface area contributed by atoms with Gasteiger partial charge in [0.15, 0.2) is 0 Å². The van der Waals surface area contributed by atoms with E-state index in [1.54, 1.807) is 6.33 Å². The lowest BCUT2D eigenvalue weighted by molar-refractivity contribution is 0.0713. The van der Waals surface area contributed by atoms with E-state index in [2.05, 4.69) is 39.0 Å². The lowest BCUT2D eigenvalue weighted by Crippen LogP contribution is -2.46. The van der Waals surface area contributed by atoms with Crippen LogP contribution in [-0.4, -0.2) is 51.9 Å². The average molecular weight is 375 g/mol. The molecule has 1 aliphatic heterocycles. The first-order valence-electron chi connectivity index (χ1n) is 10.1. The maximum absolute atomic E-state index is 12.9. The van der Waals surface area contributed by atoms with E-state index < -0.39 is 0 Å². The number of benzene rings is 1. The van der Waals surface area contributed by atoms with Gasteiger partial charge in [0.1, 0.15) is 17.8 Å². The highest BCUT2D eigenvalue weighted by atomic mass is 16.2. The molecular weight excluding hydrogens is 350 g/mol. The Hall–Kier alpha value is -2.89. The number of piperidine rings is 1. The largest absolute Gasteiger partial charge is 0.356 e. The van der Waals surface area contributed by atoms with Crippen molar-refractivity contribution >= 4 is 22.8 Å². The molecule has 0 bridgehead atoms. The number of carbonyl (C=O) groups excluding carboxylic acids is 1. The molecule has 6 heteroatoms. The highest BCUT2D eigenvalue weighted by molar-refractivity contribution is 5.94. The zero-order valence-electron chi connectivity index (χ0n) is 16.1. The number of nitrogens with one attached hydrogen (secondary N) is 1. The minimum atomic E-state index is 0.151. The Balaban J connectivity index is 1.24. The van der Waals surface area contributed by atoms with Crippen LogP contribution in [0, 0.1) is 0 Å². The molecule has 0 unspecified atom stereocenters. The standard InChI is InChI=1S/C22H25N5O/c1-26(21-19-8-11-23-20(19)24-14-25-21)18-9-12-27(13-10-18)22(28)17-6-4-16(5-7-17)15-2-3-15/h4-8,11,14-15,18H,2-3,9-10,12-13H2,1H3,(H,23,24,25). The maximum atomic E-state index is 12.9. The number of hydrogen-bond donors (Lipinski definition) is 1. The Morgan fingerprint density at radius 3 is 2.54 bits per heavy atom. The van der Waals surface area contributed by atoms with Crippen molar-refractivity contribution in [2.75, 3.05) is 25.0 Å². The van der Waals surface area contributed by atoms with Crippen LogP contribution in [0.25, 0.3) is 11.0 Å². The van der Waals surface area contributed by atoms with Crippen LogP contribution in [0.3, 0.4) is 0 Å². The van der Waals surface area contributed by atoms with Crippen molar-refractivity contribution in [1.29, 1.82) is 0 Å². The lowest BCUT2D eigenvalue weighted by Gasteiger charge is -2.37. The molecule has 3 heterocycles. The molecule has 1 aliphatic carbocycles. The van der Waals surface area contributed by atoms with Crippen molar-refractivity contribution in [2.45, 2.75) is 37.6 Å². The third-order valence-corrected chi connectivity index (χ3v) is 6.17. The van der Waals surface area contributed by atoms with E-state index in [9.17, 15) is 4.79 Å². The van der Waals surface area contributed by atoms with Crippen LogP contribution in [0.2, 0.25) is 0 Å². The minimum absolute atomic E-state index is 0.151. The fourth-order valence-corrected chi connectivity index (χ4v) is 4.27. The van der Waals surface area contributed by atoms with Crippen molar-refractivity contribution in [3.63, 3.8) is 0 Å². The summed E-state index contributed by atoms with van der Waals surface area (Å²) in [7, 11) is 2.09. The van der Waals surface area contributed by atoms with Crippen LogP contribution in [0.1, 0.15) is 47.5 Å². The van der Waals surface area contributed by atoms with Gasteiger partial charge in [-0.3, -0.25) is 4.79 Å². The molecule has 2 aromatic heterocycles. The molecular formula is C22H25N5O. The zero-order valence-corrected chi connectivity index (χ0v) is 16.1. The third kappa shape index (κ3) is 3.13. The molecule has 6 nitrogen and oxygen atoms in total. The minimum Gasteiger partial charge on any atom is -0.356 e. The van der Waals surface area contributed by atoms with Crippen LogP contribution in [-0.2, 0) is 0 Å². The molecule has 1 aromatic carbocycles. The van der Waals surface area contributed by atoms with Gasteiger partial charge in [0.25, 0.3) is 5.91 Å². The van der Waals surface area contributed by atoms with Gasteiger partial charge in [-0.05, 0) is 55.4 Å². The van der Waals surface area contributed by atoms with Gasteiger partial charge in [0, 0.05) is 37.9 Å².